The van der Waals surface area contributed by atoms with Gasteiger partial charge in [0.05, 0.1) is 27.9 Å². The molecule has 1 aliphatic heterocycles. The fraction of sp³-hybridized carbons (Fsp3) is 0.906. The largest absolute Gasteiger partial charge is 0.481 e. The van der Waals surface area contributed by atoms with Crippen LogP contribution in [0.15, 0.2) is 0 Å². The maximum atomic E-state index is 13.6. The molecule has 9 aliphatic carbocycles. The predicted molar refractivity (Wildman–Crippen MR) is 144 cm³/mol. The number of hydrogen-bond acceptors (Lipinski definition) is 9. The van der Waals surface area contributed by atoms with E-state index in [1.807, 2.05) is 0 Å². The van der Waals surface area contributed by atoms with Crippen LogP contribution in [-0.4, -0.2) is 75.6 Å². The summed E-state index contributed by atoms with van der Waals surface area (Å²) in [5.74, 6) is -1.80. The van der Waals surface area contributed by atoms with Gasteiger partial charge in [0.15, 0.2) is 5.79 Å². The third-order valence-corrected chi connectivity index (χ3v) is 12.6. The first-order valence-electron chi connectivity index (χ1n) is 16.3. The third kappa shape index (κ3) is 4.45. The Bertz CT molecular complexity index is 1080. The van der Waals surface area contributed by atoms with Gasteiger partial charge >= 0.3 is 17.9 Å². The van der Waals surface area contributed by atoms with E-state index in [1.54, 1.807) is 0 Å². The second-order valence-corrected chi connectivity index (χ2v) is 16.1. The highest BCUT2D eigenvalue weighted by Crippen LogP contribution is 2.63. The van der Waals surface area contributed by atoms with Crippen LogP contribution in [0.4, 0.5) is 0 Å². The number of ether oxygens (including phenoxy) is 4. The van der Waals surface area contributed by atoms with Gasteiger partial charge in [-0.15, -0.1) is 0 Å². The van der Waals surface area contributed by atoms with Crippen molar-refractivity contribution >= 4 is 17.9 Å². The van der Waals surface area contributed by atoms with Crippen molar-refractivity contribution in [1.29, 1.82) is 0 Å². The van der Waals surface area contributed by atoms with Crippen LogP contribution in [-0.2, 0) is 33.3 Å². The van der Waals surface area contributed by atoms with Crippen LogP contribution in [0.3, 0.4) is 0 Å². The van der Waals surface area contributed by atoms with Gasteiger partial charge in [-0.3, -0.25) is 14.4 Å². The van der Waals surface area contributed by atoms with Gasteiger partial charge in [0.1, 0.15) is 25.4 Å². The minimum absolute atomic E-state index is 0.0783. The summed E-state index contributed by atoms with van der Waals surface area (Å²) >= 11 is 0. The minimum atomic E-state index is -1.11. The molecule has 7 atom stereocenters. The average molecular weight is 589 g/mol. The van der Waals surface area contributed by atoms with Gasteiger partial charge in [-0.1, -0.05) is 0 Å². The lowest BCUT2D eigenvalue weighted by Gasteiger charge is -2.58. The Morgan fingerprint density at radius 1 is 0.667 bits per heavy atom. The molecule has 8 bridgehead atoms. The predicted octanol–water partition coefficient (Wildman–Crippen LogP) is 3.10. The van der Waals surface area contributed by atoms with Crippen LogP contribution >= 0.6 is 0 Å². The molecule has 1 saturated heterocycles. The smallest absolute Gasteiger partial charge is 0.312 e. The molecule has 10 fully saturated rings. The van der Waals surface area contributed by atoms with Crippen LogP contribution in [0.25, 0.3) is 0 Å². The molecule has 7 unspecified atom stereocenters. The fourth-order valence-corrected chi connectivity index (χ4v) is 11.9. The van der Waals surface area contributed by atoms with Crippen molar-refractivity contribution in [3.63, 3.8) is 0 Å². The van der Waals surface area contributed by atoms with E-state index in [4.69, 9.17) is 18.9 Å². The Labute approximate surface area is 245 Å². The highest BCUT2D eigenvalue weighted by Gasteiger charge is 2.63. The zero-order valence-corrected chi connectivity index (χ0v) is 24.3. The first kappa shape index (κ1) is 27.8. The van der Waals surface area contributed by atoms with Crippen molar-refractivity contribution in [2.45, 2.75) is 126 Å². The van der Waals surface area contributed by atoms with Crippen LogP contribution in [0.2, 0.25) is 0 Å². The molecule has 232 valence electrons. The normalized spacial score (nSPS) is 53.1. The molecule has 0 amide bonds. The van der Waals surface area contributed by atoms with Crippen LogP contribution in [0.1, 0.15) is 96.3 Å². The molecule has 1 spiro atoms. The summed E-state index contributed by atoms with van der Waals surface area (Å²) in [4.78, 5) is 38.9. The standard InChI is InChI=1S/C32H44O10/c33-25(34)22-1-2-32(13-22)41-23(14-39-26(35)28-5-18-3-19(6-28)10-30(37,9-18)16-28)24(42-32)15-40-27(36)29-7-20-4-21(8-29)12-31(38,11-20)17-29/h18-24,37-38H,1-17H2,(H,33,34). The Morgan fingerprint density at radius 3 is 1.45 bits per heavy atom. The van der Waals surface area contributed by atoms with Gasteiger partial charge in [-0.05, 0) is 107 Å². The molecule has 0 aromatic rings. The summed E-state index contributed by atoms with van der Waals surface area (Å²) in [6.07, 6.45) is 8.66. The summed E-state index contributed by atoms with van der Waals surface area (Å²) in [6.45, 7) is -0.157. The molecule has 42 heavy (non-hydrogen) atoms. The summed E-state index contributed by atoms with van der Waals surface area (Å²) in [5, 5.41) is 31.8. The molecule has 10 heteroatoms. The maximum absolute atomic E-state index is 13.6. The highest BCUT2D eigenvalue weighted by atomic mass is 16.8. The van der Waals surface area contributed by atoms with Crippen LogP contribution < -0.4 is 0 Å². The van der Waals surface area contributed by atoms with Crippen LogP contribution in [0.5, 0.6) is 0 Å². The molecular weight excluding hydrogens is 544 g/mol. The SMILES string of the molecule is O=C(O)C1CCC2(C1)OC(COC(=O)C13CC4CC(CC(O)(C4)C1)C3)C(COC(=O)C13CC4CC(CC(O)(C4)C1)C3)O2. The summed E-state index contributed by atoms with van der Waals surface area (Å²) in [5.41, 5.74) is -2.90. The lowest BCUT2D eigenvalue weighted by molar-refractivity contribution is -0.202. The van der Waals surface area contributed by atoms with E-state index in [1.165, 1.54) is 0 Å². The van der Waals surface area contributed by atoms with E-state index < -0.39 is 51.9 Å². The number of hydrogen-bond donors (Lipinski definition) is 3. The second-order valence-electron chi connectivity index (χ2n) is 16.1. The number of esters is 2. The summed E-state index contributed by atoms with van der Waals surface area (Å²) in [6, 6.07) is 0. The van der Waals surface area contributed by atoms with Gasteiger partial charge in [0.2, 0.25) is 0 Å². The van der Waals surface area contributed by atoms with Gasteiger partial charge in [-0.25, -0.2) is 0 Å². The molecule has 1 heterocycles. The van der Waals surface area contributed by atoms with E-state index in [2.05, 4.69) is 0 Å². The molecule has 10 rings (SSSR count). The number of carboxylic acid groups (broad SMARTS) is 1. The number of carboxylic acids is 1. The summed E-state index contributed by atoms with van der Waals surface area (Å²) < 4.78 is 24.6. The fourth-order valence-electron chi connectivity index (χ4n) is 11.9. The number of carbonyl (C=O) groups excluding carboxylic acids is 2. The van der Waals surface area contributed by atoms with Gasteiger partial charge in [0.25, 0.3) is 0 Å². The molecular formula is C32H44O10. The van der Waals surface area contributed by atoms with Crippen molar-refractivity contribution in [3.8, 4) is 0 Å². The van der Waals surface area contributed by atoms with Crippen LogP contribution in [0, 0.1) is 40.4 Å². The topological polar surface area (TPSA) is 149 Å². The van der Waals surface area contributed by atoms with Crippen molar-refractivity contribution in [1.82, 2.24) is 0 Å². The van der Waals surface area contributed by atoms with Crippen molar-refractivity contribution in [2.75, 3.05) is 13.2 Å². The van der Waals surface area contributed by atoms with Crippen molar-refractivity contribution in [3.05, 3.63) is 0 Å². The summed E-state index contributed by atoms with van der Waals surface area (Å²) in [7, 11) is 0. The monoisotopic (exact) mass is 588 g/mol. The van der Waals surface area contributed by atoms with Crippen molar-refractivity contribution < 1.29 is 48.7 Å². The number of carbonyl (C=O) groups is 3. The Kier molecular flexibility index (Phi) is 6.05. The molecule has 9 saturated carbocycles. The molecule has 3 N–H and O–H groups in total. The Hall–Kier alpha value is -1.75. The third-order valence-electron chi connectivity index (χ3n) is 12.6. The molecule has 0 radical (unpaired) electrons. The first-order chi connectivity index (χ1) is 19.9. The number of aliphatic hydroxyl groups is 2. The quantitative estimate of drug-likeness (QED) is 0.379. The van der Waals surface area contributed by atoms with Gasteiger partial charge in [0, 0.05) is 12.8 Å². The number of aliphatic carboxylic acids is 1. The minimum Gasteiger partial charge on any atom is -0.481 e. The Morgan fingerprint density at radius 2 is 1.10 bits per heavy atom. The van der Waals surface area contributed by atoms with E-state index in [0.717, 1.165) is 64.2 Å². The zero-order valence-electron chi connectivity index (χ0n) is 24.3. The van der Waals surface area contributed by atoms with Crippen molar-refractivity contribution in [2.24, 2.45) is 40.4 Å². The highest BCUT2D eigenvalue weighted by molar-refractivity contribution is 5.78. The lowest BCUT2D eigenvalue weighted by atomic mass is 9.48. The van der Waals surface area contributed by atoms with E-state index in [9.17, 15) is 29.7 Å². The van der Waals surface area contributed by atoms with E-state index in [-0.39, 0.29) is 31.6 Å². The Balaban J connectivity index is 0.959. The molecule has 10 aliphatic rings. The second kappa shape index (κ2) is 9.14. The van der Waals surface area contributed by atoms with E-state index in [0.29, 0.717) is 49.4 Å². The lowest BCUT2D eigenvalue weighted by Crippen LogP contribution is -2.59. The van der Waals surface area contributed by atoms with Gasteiger partial charge < -0.3 is 34.3 Å². The molecule has 0 aromatic carbocycles. The van der Waals surface area contributed by atoms with Gasteiger partial charge in [-0.2, -0.15) is 0 Å². The maximum Gasteiger partial charge on any atom is 0.312 e. The molecule has 10 nitrogen and oxygen atoms in total. The average Bonchev–Trinajstić information content (AvgIpc) is 3.45. The first-order valence-corrected chi connectivity index (χ1v) is 16.3. The van der Waals surface area contributed by atoms with E-state index >= 15 is 0 Å². The number of rotatable bonds is 7. The zero-order chi connectivity index (χ0) is 29.1. The molecule has 0 aromatic heterocycles.